The summed E-state index contributed by atoms with van der Waals surface area (Å²) in [6.07, 6.45) is 4.60. The molecule has 7 heteroatoms. The number of rotatable bonds is 3. The number of nitrogens with zero attached hydrogens (tertiary/aromatic N) is 4. The third kappa shape index (κ3) is 2.91. The van der Waals surface area contributed by atoms with E-state index in [0.717, 1.165) is 25.9 Å². The minimum Gasteiger partial charge on any atom is -0.472 e. The largest absolute Gasteiger partial charge is 0.472 e. The van der Waals surface area contributed by atoms with Gasteiger partial charge < -0.3 is 18.6 Å². The first kappa shape index (κ1) is 13.7. The van der Waals surface area contributed by atoms with Crippen LogP contribution in [0.3, 0.4) is 0 Å². The number of carbonyl (C=O) groups is 1. The van der Waals surface area contributed by atoms with Crippen LogP contribution >= 0.6 is 0 Å². The smallest absolute Gasteiger partial charge is 0.318 e. The van der Waals surface area contributed by atoms with Crippen LogP contribution in [-0.2, 0) is 6.42 Å². The van der Waals surface area contributed by atoms with Crippen molar-refractivity contribution in [1.29, 1.82) is 0 Å². The quantitative estimate of drug-likeness (QED) is 0.854. The van der Waals surface area contributed by atoms with E-state index >= 15 is 0 Å². The molecule has 1 fully saturated rings. The molecular weight excluding hydrogens is 272 g/mol. The summed E-state index contributed by atoms with van der Waals surface area (Å²) in [5, 5.41) is 8.05. The van der Waals surface area contributed by atoms with Crippen molar-refractivity contribution in [2.45, 2.75) is 19.8 Å². The summed E-state index contributed by atoms with van der Waals surface area (Å²) in [6, 6.07) is 2.24. The van der Waals surface area contributed by atoms with Gasteiger partial charge >= 0.3 is 6.01 Å². The van der Waals surface area contributed by atoms with Crippen molar-refractivity contribution in [3.63, 3.8) is 0 Å². The van der Waals surface area contributed by atoms with Gasteiger partial charge in [-0.1, -0.05) is 12.0 Å². The van der Waals surface area contributed by atoms with E-state index in [0.29, 0.717) is 30.6 Å². The van der Waals surface area contributed by atoms with Crippen LogP contribution in [0.5, 0.6) is 0 Å². The summed E-state index contributed by atoms with van der Waals surface area (Å²) < 4.78 is 10.6. The molecule has 0 aromatic carbocycles. The van der Waals surface area contributed by atoms with E-state index in [-0.39, 0.29) is 5.91 Å². The Morgan fingerprint density at radius 2 is 2.19 bits per heavy atom. The average Bonchev–Trinajstić information content (AvgIpc) is 3.14. The van der Waals surface area contributed by atoms with Gasteiger partial charge in [-0.3, -0.25) is 4.79 Å². The van der Waals surface area contributed by atoms with Crippen molar-refractivity contribution >= 4 is 11.9 Å². The molecule has 1 saturated heterocycles. The zero-order chi connectivity index (χ0) is 14.7. The Balaban J connectivity index is 1.65. The number of hydrogen-bond acceptors (Lipinski definition) is 6. The maximum absolute atomic E-state index is 12.3. The Morgan fingerprint density at radius 1 is 1.29 bits per heavy atom. The van der Waals surface area contributed by atoms with Crippen LogP contribution < -0.4 is 4.90 Å². The normalized spacial score (nSPS) is 16.0. The molecule has 2 aromatic heterocycles. The van der Waals surface area contributed by atoms with Gasteiger partial charge in [0.15, 0.2) is 0 Å². The lowest BCUT2D eigenvalue weighted by Gasteiger charge is -2.20. The fourth-order valence-corrected chi connectivity index (χ4v) is 2.40. The second-order valence-corrected chi connectivity index (χ2v) is 4.98. The van der Waals surface area contributed by atoms with Crippen molar-refractivity contribution in [1.82, 2.24) is 15.1 Å². The van der Waals surface area contributed by atoms with E-state index in [2.05, 4.69) is 10.2 Å². The molecule has 3 rings (SSSR count). The monoisotopic (exact) mass is 290 g/mol. The van der Waals surface area contributed by atoms with Crippen LogP contribution in [-0.4, -0.2) is 47.2 Å². The molecular formula is C14H18N4O3. The molecule has 0 N–H and O–H groups in total. The number of aryl methyl sites for hydroxylation is 1. The fraction of sp³-hybridized carbons (Fsp3) is 0.500. The molecule has 0 aliphatic carbocycles. The number of aromatic nitrogens is 2. The third-order valence-corrected chi connectivity index (χ3v) is 3.58. The van der Waals surface area contributed by atoms with Crippen LogP contribution in [0.1, 0.15) is 29.6 Å². The van der Waals surface area contributed by atoms with Crippen LogP contribution in [0.4, 0.5) is 6.01 Å². The lowest BCUT2D eigenvalue weighted by atomic mass is 10.3. The highest BCUT2D eigenvalue weighted by atomic mass is 16.4. The predicted molar refractivity (Wildman–Crippen MR) is 75.1 cm³/mol. The van der Waals surface area contributed by atoms with Crippen molar-refractivity contribution < 1.29 is 13.6 Å². The topological polar surface area (TPSA) is 75.6 Å². The summed E-state index contributed by atoms with van der Waals surface area (Å²) in [6.45, 7) is 4.82. The Morgan fingerprint density at radius 3 is 2.90 bits per heavy atom. The molecule has 0 radical (unpaired) electrons. The number of hydrogen-bond donors (Lipinski definition) is 0. The van der Waals surface area contributed by atoms with Crippen LogP contribution in [0.15, 0.2) is 27.4 Å². The molecule has 7 nitrogen and oxygen atoms in total. The highest BCUT2D eigenvalue weighted by molar-refractivity contribution is 5.93. The van der Waals surface area contributed by atoms with Gasteiger partial charge in [-0.2, -0.15) is 0 Å². The van der Waals surface area contributed by atoms with E-state index in [1.165, 1.54) is 12.5 Å². The first-order valence-electron chi connectivity index (χ1n) is 7.16. The summed E-state index contributed by atoms with van der Waals surface area (Å²) in [7, 11) is 0. The van der Waals surface area contributed by atoms with Gasteiger partial charge in [0, 0.05) is 32.6 Å². The molecule has 0 atom stereocenters. The molecule has 0 unspecified atom stereocenters. The summed E-state index contributed by atoms with van der Waals surface area (Å²) in [5.41, 5.74) is 0.592. The van der Waals surface area contributed by atoms with Crippen LogP contribution in [0.2, 0.25) is 0 Å². The Bertz CT molecular complexity index is 593. The van der Waals surface area contributed by atoms with Gasteiger partial charge in [0.1, 0.15) is 6.26 Å². The SMILES string of the molecule is CCc1nnc(N2CCCN(C(=O)c3ccoc3)CC2)o1. The molecule has 1 amide bonds. The first-order valence-corrected chi connectivity index (χ1v) is 7.16. The maximum Gasteiger partial charge on any atom is 0.318 e. The average molecular weight is 290 g/mol. The third-order valence-electron chi connectivity index (χ3n) is 3.58. The van der Waals surface area contributed by atoms with Crippen molar-refractivity contribution in [3.05, 3.63) is 30.0 Å². The zero-order valence-corrected chi connectivity index (χ0v) is 12.0. The fourth-order valence-electron chi connectivity index (χ4n) is 2.40. The zero-order valence-electron chi connectivity index (χ0n) is 12.0. The van der Waals surface area contributed by atoms with E-state index in [4.69, 9.17) is 8.83 Å². The van der Waals surface area contributed by atoms with Crippen molar-refractivity contribution in [2.24, 2.45) is 0 Å². The predicted octanol–water partition coefficient (Wildman–Crippen LogP) is 1.58. The van der Waals surface area contributed by atoms with Crippen molar-refractivity contribution in [3.8, 4) is 0 Å². The number of anilines is 1. The first-order chi connectivity index (χ1) is 10.3. The molecule has 0 spiro atoms. The molecule has 0 bridgehead atoms. The molecule has 1 aliphatic rings. The molecule has 3 heterocycles. The van der Waals surface area contributed by atoms with E-state index in [9.17, 15) is 4.79 Å². The van der Waals surface area contributed by atoms with Crippen LogP contribution in [0.25, 0.3) is 0 Å². The van der Waals surface area contributed by atoms with Gasteiger partial charge in [-0.05, 0) is 12.5 Å². The Kier molecular flexibility index (Phi) is 3.89. The molecule has 21 heavy (non-hydrogen) atoms. The second-order valence-electron chi connectivity index (χ2n) is 4.98. The van der Waals surface area contributed by atoms with E-state index < -0.39 is 0 Å². The standard InChI is InChI=1S/C14H18N4O3/c1-2-12-15-16-14(21-12)18-6-3-5-17(7-8-18)13(19)11-4-9-20-10-11/h4,9-10H,2-3,5-8H2,1H3. The van der Waals surface area contributed by atoms with Crippen LogP contribution in [0, 0.1) is 0 Å². The number of carbonyl (C=O) groups excluding carboxylic acids is 1. The summed E-state index contributed by atoms with van der Waals surface area (Å²) in [4.78, 5) is 16.2. The Labute approximate surface area is 122 Å². The molecule has 1 aliphatic heterocycles. The lowest BCUT2D eigenvalue weighted by Crippen LogP contribution is -2.35. The maximum atomic E-state index is 12.3. The van der Waals surface area contributed by atoms with E-state index in [1.807, 2.05) is 16.7 Å². The molecule has 2 aromatic rings. The van der Waals surface area contributed by atoms with Gasteiger partial charge in [0.05, 0.1) is 11.8 Å². The summed E-state index contributed by atoms with van der Waals surface area (Å²) in [5.74, 6) is 0.644. The van der Waals surface area contributed by atoms with Gasteiger partial charge in [-0.15, -0.1) is 5.10 Å². The van der Waals surface area contributed by atoms with Gasteiger partial charge in [0.2, 0.25) is 5.89 Å². The van der Waals surface area contributed by atoms with Gasteiger partial charge in [0.25, 0.3) is 5.91 Å². The number of furan rings is 1. The summed E-state index contributed by atoms with van der Waals surface area (Å²) >= 11 is 0. The van der Waals surface area contributed by atoms with Crippen molar-refractivity contribution in [2.75, 3.05) is 31.1 Å². The highest BCUT2D eigenvalue weighted by Crippen LogP contribution is 2.16. The minimum absolute atomic E-state index is 0.00498. The molecule has 112 valence electrons. The minimum atomic E-state index is 0.00498. The molecule has 0 saturated carbocycles. The van der Waals surface area contributed by atoms with E-state index in [1.54, 1.807) is 6.07 Å². The lowest BCUT2D eigenvalue weighted by molar-refractivity contribution is 0.0766. The second kappa shape index (κ2) is 5.99. The highest BCUT2D eigenvalue weighted by Gasteiger charge is 2.23. The number of amides is 1. The van der Waals surface area contributed by atoms with Gasteiger partial charge in [-0.25, -0.2) is 0 Å². The Hall–Kier alpha value is -2.31.